The van der Waals surface area contributed by atoms with Gasteiger partial charge in [0.1, 0.15) is 5.76 Å². The standard InChI is InChI=1S/C15H16ClNO2/c1-17(11-14-3-2-10-19-14)9-8-15(18)12-4-6-13(16)7-5-12/h2-7,10H,8-9,11H2,1H3. The number of rotatable bonds is 6. The number of ketones is 1. The van der Waals surface area contributed by atoms with Crippen molar-refractivity contribution in [1.82, 2.24) is 4.90 Å². The van der Waals surface area contributed by atoms with E-state index in [4.69, 9.17) is 16.0 Å². The second-order valence-electron chi connectivity index (χ2n) is 4.50. The molecule has 0 saturated carbocycles. The molecule has 100 valence electrons. The zero-order valence-electron chi connectivity index (χ0n) is 10.8. The fourth-order valence-corrected chi connectivity index (χ4v) is 1.95. The molecular weight excluding hydrogens is 262 g/mol. The number of hydrogen-bond acceptors (Lipinski definition) is 3. The van der Waals surface area contributed by atoms with Gasteiger partial charge in [-0.25, -0.2) is 0 Å². The van der Waals surface area contributed by atoms with Crippen molar-refractivity contribution in [2.24, 2.45) is 0 Å². The largest absolute Gasteiger partial charge is 0.468 e. The predicted octanol–water partition coefficient (Wildman–Crippen LogP) is 3.64. The summed E-state index contributed by atoms with van der Waals surface area (Å²) in [7, 11) is 1.97. The van der Waals surface area contributed by atoms with Crippen LogP contribution in [0.1, 0.15) is 22.5 Å². The molecule has 0 aliphatic carbocycles. The second-order valence-corrected chi connectivity index (χ2v) is 4.93. The van der Waals surface area contributed by atoms with E-state index in [1.165, 1.54) is 0 Å². The van der Waals surface area contributed by atoms with Crippen molar-refractivity contribution in [3.63, 3.8) is 0 Å². The molecule has 19 heavy (non-hydrogen) atoms. The minimum absolute atomic E-state index is 0.128. The van der Waals surface area contributed by atoms with Crippen molar-refractivity contribution in [3.05, 3.63) is 59.0 Å². The zero-order chi connectivity index (χ0) is 13.7. The van der Waals surface area contributed by atoms with Crippen molar-refractivity contribution in [2.75, 3.05) is 13.6 Å². The van der Waals surface area contributed by atoms with Crippen LogP contribution in [0.25, 0.3) is 0 Å². The Kier molecular flexibility index (Phi) is 4.77. The van der Waals surface area contributed by atoms with E-state index in [0.717, 1.165) is 5.76 Å². The normalized spacial score (nSPS) is 10.9. The van der Waals surface area contributed by atoms with Gasteiger partial charge in [-0.2, -0.15) is 0 Å². The summed E-state index contributed by atoms with van der Waals surface area (Å²) in [5, 5.41) is 0.645. The highest BCUT2D eigenvalue weighted by atomic mass is 35.5. The highest BCUT2D eigenvalue weighted by Crippen LogP contribution is 2.11. The van der Waals surface area contributed by atoms with E-state index < -0.39 is 0 Å². The number of benzene rings is 1. The molecular formula is C15H16ClNO2. The summed E-state index contributed by atoms with van der Waals surface area (Å²) < 4.78 is 5.27. The number of Topliss-reactive ketones (excluding diaryl/α,β-unsaturated/α-hetero) is 1. The molecule has 1 heterocycles. The van der Waals surface area contributed by atoms with E-state index in [0.29, 0.717) is 30.1 Å². The van der Waals surface area contributed by atoms with Crippen LogP contribution in [0.15, 0.2) is 47.1 Å². The third kappa shape index (κ3) is 4.23. The van der Waals surface area contributed by atoms with Crippen LogP contribution in [0.4, 0.5) is 0 Å². The summed E-state index contributed by atoms with van der Waals surface area (Å²) in [4.78, 5) is 14.0. The molecule has 0 unspecified atom stereocenters. The maximum Gasteiger partial charge on any atom is 0.164 e. The van der Waals surface area contributed by atoms with Crippen molar-refractivity contribution in [2.45, 2.75) is 13.0 Å². The average molecular weight is 278 g/mol. The van der Waals surface area contributed by atoms with Crippen LogP contribution in [0.3, 0.4) is 0 Å². The molecule has 2 rings (SSSR count). The number of halogens is 1. The molecule has 0 aliphatic rings. The Morgan fingerprint density at radius 1 is 1.26 bits per heavy atom. The summed E-state index contributed by atoms with van der Waals surface area (Å²) in [6.07, 6.45) is 2.14. The summed E-state index contributed by atoms with van der Waals surface area (Å²) in [5.41, 5.74) is 0.704. The van der Waals surface area contributed by atoms with Gasteiger partial charge in [0.15, 0.2) is 5.78 Å². The molecule has 0 fully saturated rings. The Morgan fingerprint density at radius 3 is 2.63 bits per heavy atom. The van der Waals surface area contributed by atoms with Gasteiger partial charge in [0.2, 0.25) is 0 Å². The fourth-order valence-electron chi connectivity index (χ4n) is 1.82. The molecule has 1 aromatic heterocycles. The maximum absolute atomic E-state index is 12.0. The van der Waals surface area contributed by atoms with Gasteiger partial charge in [0.05, 0.1) is 12.8 Å². The van der Waals surface area contributed by atoms with Gasteiger partial charge in [0, 0.05) is 23.6 Å². The lowest BCUT2D eigenvalue weighted by atomic mass is 10.1. The number of nitrogens with zero attached hydrogens (tertiary/aromatic N) is 1. The lowest BCUT2D eigenvalue weighted by Gasteiger charge is -2.14. The first kappa shape index (κ1) is 13.8. The SMILES string of the molecule is CN(CCC(=O)c1ccc(Cl)cc1)Cc1ccco1. The van der Waals surface area contributed by atoms with Crippen LogP contribution in [0.2, 0.25) is 5.02 Å². The van der Waals surface area contributed by atoms with Gasteiger partial charge in [-0.1, -0.05) is 11.6 Å². The molecule has 0 saturated heterocycles. The van der Waals surface area contributed by atoms with E-state index in [9.17, 15) is 4.79 Å². The molecule has 4 heteroatoms. The Hall–Kier alpha value is -1.58. The van der Waals surface area contributed by atoms with Gasteiger partial charge in [-0.15, -0.1) is 0 Å². The first-order valence-corrected chi connectivity index (χ1v) is 6.52. The molecule has 1 aromatic carbocycles. The molecule has 3 nitrogen and oxygen atoms in total. The molecule has 0 atom stereocenters. The van der Waals surface area contributed by atoms with Crippen LogP contribution in [0.5, 0.6) is 0 Å². The molecule has 0 amide bonds. The zero-order valence-corrected chi connectivity index (χ0v) is 11.6. The predicted molar refractivity (Wildman–Crippen MR) is 75.4 cm³/mol. The van der Waals surface area contributed by atoms with E-state index in [1.54, 1.807) is 30.5 Å². The lowest BCUT2D eigenvalue weighted by molar-refractivity contribution is 0.0966. The summed E-state index contributed by atoms with van der Waals surface area (Å²) >= 11 is 5.79. The van der Waals surface area contributed by atoms with Gasteiger partial charge >= 0.3 is 0 Å². The Labute approximate surface area is 117 Å². The monoisotopic (exact) mass is 277 g/mol. The van der Waals surface area contributed by atoms with Crippen LogP contribution in [-0.2, 0) is 6.54 Å². The third-order valence-electron chi connectivity index (χ3n) is 2.89. The quantitative estimate of drug-likeness (QED) is 0.756. The van der Waals surface area contributed by atoms with Crippen molar-refractivity contribution < 1.29 is 9.21 Å². The Bertz CT molecular complexity index is 520. The van der Waals surface area contributed by atoms with Crippen LogP contribution < -0.4 is 0 Å². The van der Waals surface area contributed by atoms with Gasteiger partial charge in [0.25, 0.3) is 0 Å². The van der Waals surface area contributed by atoms with Crippen LogP contribution in [-0.4, -0.2) is 24.3 Å². The van der Waals surface area contributed by atoms with E-state index in [1.807, 2.05) is 19.2 Å². The minimum Gasteiger partial charge on any atom is -0.468 e. The highest BCUT2D eigenvalue weighted by molar-refractivity contribution is 6.30. The number of hydrogen-bond donors (Lipinski definition) is 0. The third-order valence-corrected chi connectivity index (χ3v) is 3.14. The van der Waals surface area contributed by atoms with E-state index >= 15 is 0 Å². The van der Waals surface area contributed by atoms with Gasteiger partial charge in [-0.3, -0.25) is 9.69 Å². The molecule has 0 bridgehead atoms. The number of carbonyl (C=O) groups is 1. The number of carbonyl (C=O) groups excluding carboxylic acids is 1. The summed E-state index contributed by atoms with van der Waals surface area (Å²) in [6, 6.07) is 10.8. The topological polar surface area (TPSA) is 33.5 Å². The van der Waals surface area contributed by atoms with Crippen LogP contribution >= 0.6 is 11.6 Å². The average Bonchev–Trinajstić information content (AvgIpc) is 2.89. The van der Waals surface area contributed by atoms with Crippen molar-refractivity contribution in [1.29, 1.82) is 0 Å². The first-order valence-electron chi connectivity index (χ1n) is 6.15. The molecule has 0 aliphatic heterocycles. The first-order chi connectivity index (χ1) is 9.15. The van der Waals surface area contributed by atoms with Crippen LogP contribution in [0, 0.1) is 0 Å². The Morgan fingerprint density at radius 2 is 2.00 bits per heavy atom. The summed E-state index contributed by atoms with van der Waals surface area (Å²) in [5.74, 6) is 1.03. The second kappa shape index (κ2) is 6.55. The molecule has 0 radical (unpaired) electrons. The van der Waals surface area contributed by atoms with Crippen molar-refractivity contribution >= 4 is 17.4 Å². The Balaban J connectivity index is 1.81. The van der Waals surface area contributed by atoms with Crippen molar-refractivity contribution in [3.8, 4) is 0 Å². The molecule has 2 aromatic rings. The smallest absolute Gasteiger partial charge is 0.164 e. The molecule has 0 N–H and O–H groups in total. The van der Waals surface area contributed by atoms with E-state index in [2.05, 4.69) is 4.90 Å². The number of furan rings is 1. The van der Waals surface area contributed by atoms with Gasteiger partial charge < -0.3 is 4.42 Å². The lowest BCUT2D eigenvalue weighted by Crippen LogP contribution is -2.21. The summed E-state index contributed by atoms with van der Waals surface area (Å²) in [6.45, 7) is 1.41. The minimum atomic E-state index is 0.128. The van der Waals surface area contributed by atoms with E-state index in [-0.39, 0.29) is 5.78 Å². The maximum atomic E-state index is 12.0. The molecule has 0 spiro atoms. The fraction of sp³-hybridized carbons (Fsp3) is 0.267. The van der Waals surface area contributed by atoms with Gasteiger partial charge in [-0.05, 0) is 43.4 Å². The highest BCUT2D eigenvalue weighted by Gasteiger charge is 2.08.